The van der Waals surface area contributed by atoms with Crippen molar-refractivity contribution in [3.63, 3.8) is 0 Å². The Morgan fingerprint density at radius 3 is 2.69 bits per heavy atom. The van der Waals surface area contributed by atoms with Crippen molar-refractivity contribution < 1.29 is 28.1 Å². The standard InChI is InChI=1S/C16H22F3N5O3S2/c1-29-5-4-20-13-10-14(23-9(22-13)2-3-16(17,18)19)24(7-21-10)15-12(26)11(25)8(6-28)27-15/h7-8,11-12,15,25-26,28H,2-6H2,1H3,(H,20,22,23)/t8-,11-,12-,15-/m1/s1. The van der Waals surface area contributed by atoms with Crippen LogP contribution in [0, 0.1) is 0 Å². The van der Waals surface area contributed by atoms with Crippen LogP contribution >= 0.6 is 24.4 Å². The lowest BCUT2D eigenvalue weighted by Crippen LogP contribution is -2.32. The molecule has 0 bridgehead atoms. The second kappa shape index (κ2) is 9.25. The van der Waals surface area contributed by atoms with Gasteiger partial charge in [-0.15, -0.1) is 0 Å². The molecule has 29 heavy (non-hydrogen) atoms. The normalized spacial score (nSPS) is 25.1. The number of hydrogen-bond donors (Lipinski definition) is 4. The number of aryl methyl sites for hydroxylation is 1. The largest absolute Gasteiger partial charge is 0.389 e. The summed E-state index contributed by atoms with van der Waals surface area (Å²) in [5, 5.41) is 23.5. The van der Waals surface area contributed by atoms with Gasteiger partial charge in [0.2, 0.25) is 0 Å². The van der Waals surface area contributed by atoms with Crippen molar-refractivity contribution in [1.82, 2.24) is 19.5 Å². The van der Waals surface area contributed by atoms with Crippen LogP contribution < -0.4 is 5.32 Å². The number of alkyl halides is 3. The third-order valence-electron chi connectivity index (χ3n) is 4.49. The van der Waals surface area contributed by atoms with E-state index in [9.17, 15) is 23.4 Å². The van der Waals surface area contributed by atoms with Crippen LogP contribution in [0.1, 0.15) is 18.5 Å². The van der Waals surface area contributed by atoms with Crippen LogP contribution in [-0.2, 0) is 11.2 Å². The molecule has 0 amide bonds. The van der Waals surface area contributed by atoms with Crippen LogP contribution in [0.5, 0.6) is 0 Å². The molecule has 4 atom stereocenters. The Bertz CT molecular complexity index is 838. The number of anilines is 1. The Morgan fingerprint density at radius 2 is 2.07 bits per heavy atom. The number of thioether (sulfide) groups is 1. The molecule has 13 heteroatoms. The fourth-order valence-corrected chi connectivity index (χ4v) is 3.63. The van der Waals surface area contributed by atoms with E-state index in [0.717, 1.165) is 5.75 Å². The molecule has 1 fully saturated rings. The molecular weight excluding hydrogens is 431 g/mol. The lowest BCUT2D eigenvalue weighted by atomic mass is 10.1. The highest BCUT2D eigenvalue weighted by atomic mass is 32.2. The van der Waals surface area contributed by atoms with Crippen molar-refractivity contribution in [1.29, 1.82) is 0 Å². The lowest BCUT2D eigenvalue weighted by molar-refractivity contribution is -0.134. The molecule has 1 aliphatic rings. The van der Waals surface area contributed by atoms with E-state index in [0.29, 0.717) is 17.9 Å². The zero-order valence-corrected chi connectivity index (χ0v) is 17.2. The number of hydrogen-bond acceptors (Lipinski definition) is 9. The summed E-state index contributed by atoms with van der Waals surface area (Å²) in [5.74, 6) is 1.28. The van der Waals surface area contributed by atoms with E-state index in [1.165, 1.54) is 10.9 Å². The topological polar surface area (TPSA) is 105 Å². The van der Waals surface area contributed by atoms with Crippen molar-refractivity contribution in [3.8, 4) is 0 Å². The van der Waals surface area contributed by atoms with Crippen molar-refractivity contribution in [2.24, 2.45) is 0 Å². The number of nitrogens with zero attached hydrogens (tertiary/aromatic N) is 4. The molecule has 2 aromatic heterocycles. The van der Waals surface area contributed by atoms with Gasteiger partial charge < -0.3 is 20.3 Å². The summed E-state index contributed by atoms with van der Waals surface area (Å²) < 4.78 is 45.1. The molecule has 3 N–H and O–H groups in total. The highest BCUT2D eigenvalue weighted by molar-refractivity contribution is 7.98. The van der Waals surface area contributed by atoms with Gasteiger partial charge in [-0.1, -0.05) is 0 Å². The van der Waals surface area contributed by atoms with Gasteiger partial charge in [0.05, 0.1) is 18.9 Å². The first-order valence-electron chi connectivity index (χ1n) is 8.90. The predicted molar refractivity (Wildman–Crippen MR) is 106 cm³/mol. The van der Waals surface area contributed by atoms with Gasteiger partial charge in [0.25, 0.3) is 0 Å². The van der Waals surface area contributed by atoms with Gasteiger partial charge in [-0.05, 0) is 6.26 Å². The Morgan fingerprint density at radius 1 is 1.31 bits per heavy atom. The van der Waals surface area contributed by atoms with E-state index in [4.69, 9.17) is 4.74 Å². The first-order valence-corrected chi connectivity index (χ1v) is 10.9. The van der Waals surface area contributed by atoms with E-state index >= 15 is 0 Å². The van der Waals surface area contributed by atoms with Crippen LogP contribution in [0.25, 0.3) is 11.2 Å². The van der Waals surface area contributed by atoms with Crippen molar-refractivity contribution in [3.05, 3.63) is 12.2 Å². The number of imidazole rings is 1. The third-order valence-corrected chi connectivity index (χ3v) is 5.46. The minimum atomic E-state index is -4.33. The summed E-state index contributed by atoms with van der Waals surface area (Å²) in [7, 11) is 0. The van der Waals surface area contributed by atoms with Gasteiger partial charge in [0, 0.05) is 24.5 Å². The summed E-state index contributed by atoms with van der Waals surface area (Å²) in [4.78, 5) is 12.7. The fourth-order valence-electron chi connectivity index (χ4n) is 3.02. The number of thiol groups is 1. The maximum absolute atomic E-state index is 12.7. The first-order chi connectivity index (χ1) is 13.7. The van der Waals surface area contributed by atoms with E-state index < -0.39 is 43.6 Å². The second-order valence-electron chi connectivity index (χ2n) is 6.58. The summed E-state index contributed by atoms with van der Waals surface area (Å²) in [6.45, 7) is 0.543. The first kappa shape index (κ1) is 22.4. The van der Waals surface area contributed by atoms with Gasteiger partial charge in [-0.2, -0.15) is 37.6 Å². The molecule has 1 aliphatic heterocycles. The highest BCUT2D eigenvalue weighted by Gasteiger charge is 2.43. The SMILES string of the molecule is CSCCNc1nc(CCC(F)(F)F)nc2c1ncn2[C@@H]1O[C@H](CS)[C@@H](O)[C@H]1O. The van der Waals surface area contributed by atoms with Gasteiger partial charge in [-0.3, -0.25) is 4.57 Å². The zero-order chi connectivity index (χ0) is 21.2. The maximum Gasteiger partial charge on any atom is 0.389 e. The van der Waals surface area contributed by atoms with E-state index in [2.05, 4.69) is 32.9 Å². The molecule has 0 radical (unpaired) electrons. The number of ether oxygens (including phenoxy) is 1. The number of aliphatic hydroxyl groups excluding tert-OH is 2. The summed E-state index contributed by atoms with van der Waals surface area (Å²) >= 11 is 5.70. The molecule has 3 heterocycles. The molecule has 0 aliphatic carbocycles. The maximum atomic E-state index is 12.7. The zero-order valence-electron chi connectivity index (χ0n) is 15.5. The molecule has 2 aromatic rings. The molecule has 0 unspecified atom stereocenters. The molecule has 0 saturated carbocycles. The summed E-state index contributed by atoms with van der Waals surface area (Å²) in [6.07, 6.45) is -6.57. The number of fused-ring (bicyclic) bond motifs is 1. The minimum Gasteiger partial charge on any atom is -0.387 e. The number of rotatable bonds is 8. The quantitative estimate of drug-likeness (QED) is 0.353. The van der Waals surface area contributed by atoms with Crippen LogP contribution in [0.15, 0.2) is 6.33 Å². The van der Waals surface area contributed by atoms with Crippen LogP contribution in [0.3, 0.4) is 0 Å². The van der Waals surface area contributed by atoms with Crippen LogP contribution in [0.2, 0.25) is 0 Å². The van der Waals surface area contributed by atoms with Crippen molar-refractivity contribution in [2.75, 3.05) is 29.6 Å². The lowest BCUT2D eigenvalue weighted by Gasteiger charge is -2.17. The van der Waals surface area contributed by atoms with E-state index in [1.54, 1.807) is 11.8 Å². The van der Waals surface area contributed by atoms with Crippen LogP contribution in [-0.4, -0.2) is 78.5 Å². The summed E-state index contributed by atoms with van der Waals surface area (Å²) in [5.41, 5.74) is 0.571. The third kappa shape index (κ3) is 5.08. The Kier molecular flexibility index (Phi) is 7.14. The Balaban J connectivity index is 1.98. The summed E-state index contributed by atoms with van der Waals surface area (Å²) in [6, 6.07) is 0. The number of aliphatic hydroxyl groups is 2. The van der Waals surface area contributed by atoms with Crippen molar-refractivity contribution >= 4 is 41.4 Å². The fraction of sp³-hybridized carbons (Fsp3) is 0.688. The molecule has 8 nitrogen and oxygen atoms in total. The van der Waals surface area contributed by atoms with E-state index in [1.807, 2.05) is 6.26 Å². The minimum absolute atomic E-state index is 0.00186. The molecular formula is C16H22F3N5O3S2. The van der Waals surface area contributed by atoms with Gasteiger partial charge in [-0.25, -0.2) is 15.0 Å². The van der Waals surface area contributed by atoms with Gasteiger partial charge in [0.15, 0.2) is 23.2 Å². The van der Waals surface area contributed by atoms with Crippen LogP contribution in [0.4, 0.5) is 19.0 Å². The number of halogens is 3. The average molecular weight is 454 g/mol. The molecule has 162 valence electrons. The Labute approximate surface area is 174 Å². The molecule has 0 aromatic carbocycles. The Hall–Kier alpha value is -1.28. The molecule has 0 spiro atoms. The monoisotopic (exact) mass is 453 g/mol. The van der Waals surface area contributed by atoms with Gasteiger partial charge >= 0.3 is 6.18 Å². The molecule has 1 saturated heterocycles. The second-order valence-corrected chi connectivity index (χ2v) is 7.93. The van der Waals surface area contributed by atoms with Gasteiger partial charge in [0.1, 0.15) is 18.0 Å². The van der Waals surface area contributed by atoms with E-state index in [-0.39, 0.29) is 17.2 Å². The highest BCUT2D eigenvalue weighted by Crippen LogP contribution is 2.33. The smallest absolute Gasteiger partial charge is 0.387 e. The number of aromatic nitrogens is 4. The average Bonchev–Trinajstić information content (AvgIpc) is 3.21. The van der Waals surface area contributed by atoms with Crippen molar-refractivity contribution in [2.45, 2.75) is 43.6 Å². The molecule has 3 rings (SSSR count). The predicted octanol–water partition coefficient (Wildman–Crippen LogP) is 1.65. The number of nitrogens with one attached hydrogen (secondary N) is 1.